The van der Waals surface area contributed by atoms with Gasteiger partial charge in [0.25, 0.3) is 0 Å². The molecule has 2 aromatic carbocycles. The van der Waals surface area contributed by atoms with Crippen LogP contribution in [0.3, 0.4) is 0 Å². The monoisotopic (exact) mass is 343 g/mol. The van der Waals surface area contributed by atoms with Gasteiger partial charge < -0.3 is 4.42 Å². The van der Waals surface area contributed by atoms with E-state index in [1.807, 2.05) is 63.6 Å². The molecule has 0 saturated carbocycles. The van der Waals surface area contributed by atoms with Crippen LogP contribution in [0.15, 0.2) is 40.8 Å². The first kappa shape index (κ1) is 14.1. The second-order valence-electron chi connectivity index (χ2n) is 6.85. The van der Waals surface area contributed by atoms with E-state index in [2.05, 4.69) is 4.85 Å². The largest absolute Gasteiger partial charge is 0.455 e. The molecule has 2 aromatic heterocycles. The van der Waals surface area contributed by atoms with Gasteiger partial charge in [0.1, 0.15) is 18.2 Å². The fourth-order valence-electron chi connectivity index (χ4n) is 3.53. The van der Waals surface area contributed by atoms with E-state index >= 15 is 0 Å². The standard InChI is InChI=1S/C23H21N2O/c1-13-9-16(4)25(6)20(10-13)22-14(2)7-8-17-18-12-19(24-5)15(3)11-21(18)26-23(17)22/h7-12H,1-4,6H3/q+1/i9D,10D. The highest BCUT2D eigenvalue weighted by Crippen LogP contribution is 2.39. The van der Waals surface area contributed by atoms with Gasteiger partial charge in [-0.05, 0) is 49.6 Å². The molecule has 3 nitrogen and oxygen atoms in total. The van der Waals surface area contributed by atoms with Crippen LogP contribution in [0.25, 0.3) is 38.0 Å². The number of hydrogen-bond donors (Lipinski definition) is 0. The molecular weight excluding hydrogens is 320 g/mol. The van der Waals surface area contributed by atoms with Crippen LogP contribution >= 0.6 is 0 Å². The Bertz CT molecular complexity index is 1310. The van der Waals surface area contributed by atoms with Gasteiger partial charge >= 0.3 is 0 Å². The van der Waals surface area contributed by atoms with Crippen molar-refractivity contribution in [1.29, 1.82) is 0 Å². The van der Waals surface area contributed by atoms with Gasteiger partial charge in [-0.1, -0.05) is 12.1 Å². The van der Waals surface area contributed by atoms with Crippen molar-refractivity contribution < 1.29 is 11.7 Å². The first-order chi connectivity index (χ1) is 13.3. The van der Waals surface area contributed by atoms with E-state index in [0.29, 0.717) is 23.3 Å². The fourth-order valence-corrected chi connectivity index (χ4v) is 3.53. The van der Waals surface area contributed by atoms with Gasteiger partial charge in [0.05, 0.1) is 14.9 Å². The second-order valence-corrected chi connectivity index (χ2v) is 6.85. The minimum atomic E-state index is 0.340. The molecular formula is C23H21N2O+. The smallest absolute Gasteiger partial charge is 0.216 e. The summed E-state index contributed by atoms with van der Waals surface area (Å²) >= 11 is 0. The molecule has 2 heterocycles. The van der Waals surface area contributed by atoms with Crippen molar-refractivity contribution in [1.82, 2.24) is 0 Å². The van der Waals surface area contributed by atoms with Crippen molar-refractivity contribution in [2.24, 2.45) is 7.05 Å². The maximum Gasteiger partial charge on any atom is 0.216 e. The minimum absolute atomic E-state index is 0.340. The zero-order valence-electron chi connectivity index (χ0n) is 17.6. The molecule has 0 saturated heterocycles. The third-order valence-corrected chi connectivity index (χ3v) is 5.04. The van der Waals surface area contributed by atoms with Gasteiger partial charge in [-0.25, -0.2) is 4.85 Å². The molecule has 0 atom stereocenters. The number of rotatable bonds is 1. The lowest BCUT2D eigenvalue weighted by atomic mass is 9.99. The van der Waals surface area contributed by atoms with E-state index in [1.165, 1.54) is 0 Å². The van der Waals surface area contributed by atoms with Crippen molar-refractivity contribution in [3.05, 3.63) is 70.2 Å². The molecule has 128 valence electrons. The zero-order valence-corrected chi connectivity index (χ0v) is 15.6. The third-order valence-electron chi connectivity index (χ3n) is 5.04. The average Bonchev–Trinajstić information content (AvgIpc) is 3.02. The highest BCUT2D eigenvalue weighted by Gasteiger charge is 2.22. The summed E-state index contributed by atoms with van der Waals surface area (Å²) in [7, 11) is 1.89. The topological polar surface area (TPSA) is 21.4 Å². The summed E-state index contributed by atoms with van der Waals surface area (Å²) in [6.07, 6.45) is 0. The molecule has 4 rings (SSSR count). The highest BCUT2D eigenvalue weighted by molar-refractivity contribution is 6.10. The fraction of sp³-hybridized carbons (Fsp3) is 0.217. The van der Waals surface area contributed by atoms with Crippen LogP contribution in [-0.4, -0.2) is 0 Å². The Labute approximate surface area is 156 Å². The molecule has 0 fully saturated rings. The number of nitrogens with zero attached hydrogens (tertiary/aromatic N) is 2. The predicted octanol–water partition coefficient (Wildman–Crippen LogP) is 5.86. The molecule has 0 amide bonds. The average molecular weight is 343 g/mol. The van der Waals surface area contributed by atoms with Crippen LogP contribution in [0.2, 0.25) is 0 Å². The van der Waals surface area contributed by atoms with Gasteiger partial charge in [0.15, 0.2) is 11.4 Å². The first-order valence-electron chi connectivity index (χ1n) is 9.57. The Morgan fingerprint density at radius 3 is 2.54 bits per heavy atom. The molecule has 0 aliphatic rings. The lowest BCUT2D eigenvalue weighted by molar-refractivity contribution is -0.666. The summed E-state index contributed by atoms with van der Waals surface area (Å²) in [5.74, 6) is 0. The van der Waals surface area contributed by atoms with Crippen LogP contribution in [0.5, 0.6) is 0 Å². The SMILES string of the molecule is [2H]c1c(C)c([2H])c(-c2c(C)ccc3c2oc2cc(C)c([N+]#[C-])cc23)[n+](C)c1C. The van der Waals surface area contributed by atoms with Crippen molar-refractivity contribution in [3.63, 3.8) is 0 Å². The Kier molecular flexibility index (Phi) is 3.09. The summed E-state index contributed by atoms with van der Waals surface area (Å²) in [5.41, 5.74) is 7.06. The maximum atomic E-state index is 8.69. The van der Waals surface area contributed by atoms with E-state index in [0.717, 1.165) is 50.0 Å². The molecule has 4 aromatic rings. The molecule has 0 aliphatic heterocycles. The molecule has 0 bridgehead atoms. The maximum absolute atomic E-state index is 8.69. The lowest BCUT2D eigenvalue weighted by Crippen LogP contribution is -2.35. The third kappa shape index (κ3) is 2.30. The minimum Gasteiger partial charge on any atom is -0.455 e. The van der Waals surface area contributed by atoms with Crippen molar-refractivity contribution in [2.45, 2.75) is 27.7 Å². The van der Waals surface area contributed by atoms with Crippen LogP contribution in [0.4, 0.5) is 5.69 Å². The molecule has 26 heavy (non-hydrogen) atoms. The Morgan fingerprint density at radius 1 is 1.04 bits per heavy atom. The number of fused-ring (bicyclic) bond motifs is 3. The molecule has 0 N–H and O–H groups in total. The van der Waals surface area contributed by atoms with Gasteiger partial charge in [-0.3, -0.25) is 0 Å². The summed E-state index contributed by atoms with van der Waals surface area (Å²) in [5, 5.41) is 1.85. The van der Waals surface area contributed by atoms with Gasteiger partial charge in [-0.2, -0.15) is 4.57 Å². The summed E-state index contributed by atoms with van der Waals surface area (Å²) in [6, 6.07) is 8.57. The molecule has 0 spiro atoms. The van der Waals surface area contributed by atoms with Gasteiger partial charge in [0.2, 0.25) is 5.69 Å². The van der Waals surface area contributed by atoms with Gasteiger partial charge in [-0.15, -0.1) is 0 Å². The predicted molar refractivity (Wildman–Crippen MR) is 106 cm³/mol. The zero-order chi connectivity index (χ0) is 20.3. The second kappa shape index (κ2) is 5.71. The van der Waals surface area contributed by atoms with Crippen LogP contribution < -0.4 is 4.57 Å². The van der Waals surface area contributed by atoms with E-state index in [1.54, 1.807) is 0 Å². The summed E-state index contributed by atoms with van der Waals surface area (Å²) in [4.78, 5) is 3.62. The van der Waals surface area contributed by atoms with E-state index < -0.39 is 0 Å². The molecule has 0 unspecified atom stereocenters. The van der Waals surface area contributed by atoms with Crippen LogP contribution in [0.1, 0.15) is 25.1 Å². The van der Waals surface area contributed by atoms with Crippen molar-refractivity contribution in [2.75, 3.05) is 0 Å². The number of aromatic nitrogens is 1. The normalized spacial score (nSPS) is 12.3. The van der Waals surface area contributed by atoms with Crippen LogP contribution in [0, 0.1) is 34.3 Å². The number of pyridine rings is 1. The van der Waals surface area contributed by atoms with E-state index in [9.17, 15) is 0 Å². The summed E-state index contributed by atoms with van der Waals surface area (Å²) < 4.78 is 25.1. The lowest BCUT2D eigenvalue weighted by Gasteiger charge is -2.08. The number of hydrogen-bond acceptors (Lipinski definition) is 1. The van der Waals surface area contributed by atoms with Crippen molar-refractivity contribution >= 4 is 27.6 Å². The molecule has 3 heteroatoms. The Balaban J connectivity index is 2.19. The Hall–Kier alpha value is -3.12. The number of aryl methyl sites for hydroxylation is 2. The quantitative estimate of drug-likeness (QED) is 0.313. The van der Waals surface area contributed by atoms with Crippen LogP contribution in [-0.2, 0) is 7.05 Å². The molecule has 0 radical (unpaired) electrons. The number of furan rings is 1. The first-order valence-corrected chi connectivity index (χ1v) is 8.57. The van der Waals surface area contributed by atoms with E-state index in [4.69, 9.17) is 13.7 Å². The Morgan fingerprint density at radius 2 is 1.81 bits per heavy atom. The molecule has 0 aliphatic carbocycles. The highest BCUT2D eigenvalue weighted by atomic mass is 16.3. The van der Waals surface area contributed by atoms with Gasteiger partial charge in [0, 0.05) is 29.8 Å². The van der Waals surface area contributed by atoms with E-state index in [-0.39, 0.29) is 0 Å². The number of benzene rings is 2. The summed E-state index contributed by atoms with van der Waals surface area (Å²) in [6.45, 7) is 15.0. The van der Waals surface area contributed by atoms with Crippen molar-refractivity contribution in [3.8, 4) is 11.3 Å².